The molecule has 2 aliphatic heterocycles. The zero-order valence-electron chi connectivity index (χ0n) is 15.0. The molecule has 0 aliphatic carbocycles. The molecule has 0 spiro atoms. The Morgan fingerprint density at radius 3 is 2.65 bits per heavy atom. The first kappa shape index (κ1) is 16.8. The summed E-state index contributed by atoms with van der Waals surface area (Å²) in [6, 6.07) is 11.5. The quantitative estimate of drug-likeness (QED) is 0.853. The Hall–Kier alpha value is -2.65. The van der Waals surface area contributed by atoms with Crippen molar-refractivity contribution >= 4 is 11.6 Å². The topological polar surface area (TPSA) is 65.2 Å². The second kappa shape index (κ2) is 6.93. The predicted octanol–water partition coefficient (Wildman–Crippen LogP) is 2.28. The monoisotopic (exact) mass is 349 g/mol. The molecule has 2 aromatic rings. The van der Waals surface area contributed by atoms with E-state index < -0.39 is 0 Å². The zero-order chi connectivity index (χ0) is 18.1. The maximum absolute atomic E-state index is 13.0. The van der Waals surface area contributed by atoms with Gasteiger partial charge in [-0.05, 0) is 56.1 Å². The van der Waals surface area contributed by atoms with Crippen LogP contribution in [0, 0.1) is 11.3 Å². The first-order valence-electron chi connectivity index (χ1n) is 9.21. The number of anilines is 1. The molecular formula is C20H23N5O. The number of carbonyl (C=O) groups excluding carboxylic acids is 1. The fraction of sp³-hybridized carbons (Fsp3) is 0.450. The van der Waals surface area contributed by atoms with Gasteiger partial charge in [-0.25, -0.2) is 0 Å². The minimum atomic E-state index is -0.0401. The summed E-state index contributed by atoms with van der Waals surface area (Å²) in [7, 11) is 1.99. The van der Waals surface area contributed by atoms with Crippen LogP contribution >= 0.6 is 0 Å². The standard InChI is InChI=1S/C20H23N5O/c1-23-18(8-10-22-23)16-3-2-11-24(14-16)19-9-12-25(20(19)26)17-6-4-15(13-21)5-7-17/h4-8,10,16,19H,2-3,9,11-12,14H2,1H3/t16-,19+/m1/s1. The molecule has 1 amide bonds. The molecule has 2 atom stereocenters. The van der Waals surface area contributed by atoms with Gasteiger partial charge >= 0.3 is 0 Å². The van der Waals surface area contributed by atoms with Crippen LogP contribution in [0.4, 0.5) is 5.69 Å². The van der Waals surface area contributed by atoms with Gasteiger partial charge in [0.15, 0.2) is 0 Å². The van der Waals surface area contributed by atoms with Gasteiger partial charge in [0, 0.05) is 43.6 Å². The van der Waals surface area contributed by atoms with Crippen LogP contribution in [0.3, 0.4) is 0 Å². The molecule has 0 unspecified atom stereocenters. The molecule has 1 aromatic carbocycles. The first-order chi connectivity index (χ1) is 12.7. The van der Waals surface area contributed by atoms with Gasteiger partial charge in [0.25, 0.3) is 0 Å². The van der Waals surface area contributed by atoms with Crippen molar-refractivity contribution in [1.29, 1.82) is 5.26 Å². The highest BCUT2D eigenvalue weighted by atomic mass is 16.2. The van der Waals surface area contributed by atoms with Crippen LogP contribution in [0.25, 0.3) is 0 Å². The van der Waals surface area contributed by atoms with Crippen molar-refractivity contribution in [3.63, 3.8) is 0 Å². The molecule has 1 aromatic heterocycles. The number of piperidine rings is 1. The van der Waals surface area contributed by atoms with E-state index in [1.165, 1.54) is 5.69 Å². The van der Waals surface area contributed by atoms with Gasteiger partial charge in [0.1, 0.15) is 0 Å². The number of aromatic nitrogens is 2. The smallest absolute Gasteiger partial charge is 0.244 e. The molecule has 0 saturated carbocycles. The van der Waals surface area contributed by atoms with Crippen molar-refractivity contribution < 1.29 is 4.79 Å². The lowest BCUT2D eigenvalue weighted by Gasteiger charge is -2.36. The van der Waals surface area contributed by atoms with E-state index in [0.717, 1.165) is 44.6 Å². The van der Waals surface area contributed by atoms with Crippen molar-refractivity contribution in [2.75, 3.05) is 24.5 Å². The summed E-state index contributed by atoms with van der Waals surface area (Å²) in [6.45, 7) is 2.63. The van der Waals surface area contributed by atoms with Gasteiger partial charge in [-0.15, -0.1) is 0 Å². The molecule has 0 radical (unpaired) electrons. The molecule has 6 heteroatoms. The third-order valence-corrected chi connectivity index (χ3v) is 5.66. The molecule has 2 aliphatic rings. The van der Waals surface area contributed by atoms with Crippen molar-refractivity contribution in [2.24, 2.45) is 7.05 Å². The minimum Gasteiger partial charge on any atom is -0.311 e. The molecule has 0 N–H and O–H groups in total. The average molecular weight is 349 g/mol. The summed E-state index contributed by atoms with van der Waals surface area (Å²) >= 11 is 0. The number of hydrogen-bond acceptors (Lipinski definition) is 4. The van der Waals surface area contributed by atoms with E-state index in [-0.39, 0.29) is 11.9 Å². The normalized spacial score (nSPS) is 24.0. The van der Waals surface area contributed by atoms with Crippen LogP contribution in [0.5, 0.6) is 0 Å². The Morgan fingerprint density at radius 2 is 1.96 bits per heavy atom. The van der Waals surface area contributed by atoms with Crippen LogP contribution in [0.15, 0.2) is 36.5 Å². The third-order valence-electron chi connectivity index (χ3n) is 5.66. The molecule has 26 heavy (non-hydrogen) atoms. The number of likely N-dealkylation sites (tertiary alicyclic amines) is 1. The van der Waals surface area contributed by atoms with E-state index in [0.29, 0.717) is 11.5 Å². The summed E-state index contributed by atoms with van der Waals surface area (Å²) in [5.74, 6) is 0.619. The van der Waals surface area contributed by atoms with Crippen LogP contribution in [0.1, 0.15) is 36.4 Å². The maximum atomic E-state index is 13.0. The van der Waals surface area contributed by atoms with E-state index in [1.54, 1.807) is 12.1 Å². The van der Waals surface area contributed by atoms with Crippen LogP contribution in [-0.2, 0) is 11.8 Å². The maximum Gasteiger partial charge on any atom is 0.244 e. The number of amides is 1. The SMILES string of the molecule is Cn1nccc1[C@@H]1CCCN([C@H]2CCN(c3ccc(C#N)cc3)C2=O)C1. The van der Waals surface area contributed by atoms with Crippen LogP contribution in [-0.4, -0.2) is 46.3 Å². The molecule has 2 saturated heterocycles. The summed E-state index contributed by atoms with van der Waals surface area (Å²) in [4.78, 5) is 17.2. The molecule has 3 heterocycles. The second-order valence-corrected chi connectivity index (χ2v) is 7.17. The summed E-state index contributed by atoms with van der Waals surface area (Å²) in [5, 5.41) is 13.2. The van der Waals surface area contributed by atoms with Crippen molar-refractivity contribution in [2.45, 2.75) is 31.2 Å². The van der Waals surface area contributed by atoms with Crippen LogP contribution in [0.2, 0.25) is 0 Å². The Bertz CT molecular complexity index is 835. The Balaban J connectivity index is 1.47. The number of hydrogen-bond donors (Lipinski definition) is 0. The predicted molar refractivity (Wildman–Crippen MR) is 98.7 cm³/mol. The molecule has 4 rings (SSSR count). The lowest BCUT2D eigenvalue weighted by Crippen LogP contribution is -2.46. The lowest BCUT2D eigenvalue weighted by atomic mass is 9.93. The number of nitrogens with zero attached hydrogens (tertiary/aromatic N) is 5. The van der Waals surface area contributed by atoms with E-state index in [4.69, 9.17) is 5.26 Å². The summed E-state index contributed by atoms with van der Waals surface area (Å²) < 4.78 is 1.95. The Kier molecular flexibility index (Phi) is 4.48. The van der Waals surface area contributed by atoms with Crippen molar-refractivity contribution in [3.8, 4) is 6.07 Å². The van der Waals surface area contributed by atoms with E-state index in [2.05, 4.69) is 22.1 Å². The van der Waals surface area contributed by atoms with E-state index in [9.17, 15) is 4.79 Å². The van der Waals surface area contributed by atoms with Crippen LogP contribution < -0.4 is 4.90 Å². The molecular weight excluding hydrogens is 326 g/mol. The highest BCUT2D eigenvalue weighted by Gasteiger charge is 2.38. The Morgan fingerprint density at radius 1 is 1.15 bits per heavy atom. The number of aryl methyl sites for hydroxylation is 1. The molecule has 0 bridgehead atoms. The third kappa shape index (κ3) is 2.99. The van der Waals surface area contributed by atoms with Crippen molar-refractivity contribution in [1.82, 2.24) is 14.7 Å². The first-order valence-corrected chi connectivity index (χ1v) is 9.21. The molecule has 2 fully saturated rings. The summed E-state index contributed by atoms with van der Waals surface area (Å²) in [5.41, 5.74) is 2.76. The fourth-order valence-corrected chi connectivity index (χ4v) is 4.29. The molecule has 6 nitrogen and oxygen atoms in total. The average Bonchev–Trinajstić information content (AvgIpc) is 3.27. The fourth-order valence-electron chi connectivity index (χ4n) is 4.29. The minimum absolute atomic E-state index is 0.0401. The second-order valence-electron chi connectivity index (χ2n) is 7.17. The van der Waals surface area contributed by atoms with Gasteiger partial charge in [-0.2, -0.15) is 10.4 Å². The summed E-state index contributed by atoms with van der Waals surface area (Å²) in [6.07, 6.45) is 4.96. The molecule has 134 valence electrons. The highest BCUT2D eigenvalue weighted by Crippen LogP contribution is 2.31. The number of nitriles is 1. The van der Waals surface area contributed by atoms with Gasteiger partial charge in [-0.3, -0.25) is 14.4 Å². The lowest BCUT2D eigenvalue weighted by molar-refractivity contribution is -0.122. The van der Waals surface area contributed by atoms with Gasteiger partial charge in [-0.1, -0.05) is 0 Å². The van der Waals surface area contributed by atoms with Gasteiger partial charge in [0.05, 0.1) is 17.7 Å². The van der Waals surface area contributed by atoms with E-state index >= 15 is 0 Å². The Labute approximate surface area is 153 Å². The largest absolute Gasteiger partial charge is 0.311 e. The van der Waals surface area contributed by atoms with E-state index in [1.807, 2.05) is 35.0 Å². The van der Waals surface area contributed by atoms with Gasteiger partial charge in [0.2, 0.25) is 5.91 Å². The highest BCUT2D eigenvalue weighted by molar-refractivity contribution is 5.99. The van der Waals surface area contributed by atoms with Crippen molar-refractivity contribution in [3.05, 3.63) is 47.8 Å². The number of carbonyl (C=O) groups is 1. The zero-order valence-corrected chi connectivity index (χ0v) is 15.0. The number of benzene rings is 1. The number of rotatable bonds is 3. The van der Waals surface area contributed by atoms with Gasteiger partial charge < -0.3 is 4.90 Å².